The van der Waals surface area contributed by atoms with E-state index >= 15 is 0 Å². The van der Waals surface area contributed by atoms with Crippen molar-refractivity contribution in [3.63, 3.8) is 0 Å². The summed E-state index contributed by atoms with van der Waals surface area (Å²) in [6, 6.07) is 5.43. The Morgan fingerprint density at radius 2 is 1.84 bits per heavy atom. The van der Waals surface area contributed by atoms with Crippen molar-refractivity contribution in [2.75, 3.05) is 37.4 Å². The van der Waals surface area contributed by atoms with Crippen molar-refractivity contribution >= 4 is 21.8 Å². The summed E-state index contributed by atoms with van der Waals surface area (Å²) in [6.07, 6.45) is 0. The fraction of sp³-hybridized carbons (Fsp3) is 0.375. The zero-order valence-corrected chi connectivity index (χ0v) is 15.5. The van der Waals surface area contributed by atoms with Crippen LogP contribution >= 0.6 is 0 Å². The number of benzene rings is 1. The number of sulfonamides is 1. The third kappa shape index (κ3) is 5.10. The summed E-state index contributed by atoms with van der Waals surface area (Å²) in [5, 5.41) is 2.99. The summed E-state index contributed by atoms with van der Waals surface area (Å²) >= 11 is 0. The number of hydrogen-bond acceptors (Lipinski definition) is 6. The van der Waals surface area contributed by atoms with Gasteiger partial charge in [-0.15, -0.1) is 0 Å². The minimum absolute atomic E-state index is 0.0654. The molecule has 0 bridgehead atoms. The summed E-state index contributed by atoms with van der Waals surface area (Å²) in [5.41, 5.74) is 1.17. The van der Waals surface area contributed by atoms with Gasteiger partial charge in [-0.1, -0.05) is 0 Å². The highest BCUT2D eigenvalue weighted by atomic mass is 32.2. The second-order valence-corrected chi connectivity index (χ2v) is 7.56. The van der Waals surface area contributed by atoms with Crippen LogP contribution in [0.1, 0.15) is 11.3 Å². The first-order valence-electron chi connectivity index (χ1n) is 7.72. The molecule has 0 aliphatic carbocycles. The van der Waals surface area contributed by atoms with Crippen LogP contribution in [0.2, 0.25) is 0 Å². The van der Waals surface area contributed by atoms with Gasteiger partial charge in [0, 0.05) is 38.9 Å². The van der Waals surface area contributed by atoms with E-state index in [2.05, 4.69) is 20.0 Å². The molecule has 0 amide bonds. The van der Waals surface area contributed by atoms with Crippen LogP contribution in [0.25, 0.3) is 0 Å². The molecular weight excluding hydrogens is 345 g/mol. The summed E-state index contributed by atoms with van der Waals surface area (Å²) in [5.74, 6) is 0.727. The average Bonchev–Trinajstić information content (AvgIpc) is 2.50. The lowest BCUT2D eigenvalue weighted by atomic mass is 10.2. The van der Waals surface area contributed by atoms with Gasteiger partial charge in [-0.05, 0) is 37.6 Å². The van der Waals surface area contributed by atoms with Gasteiger partial charge < -0.3 is 10.2 Å². The quantitative estimate of drug-likeness (QED) is 0.724. The van der Waals surface area contributed by atoms with Gasteiger partial charge in [-0.3, -0.25) is 0 Å². The minimum atomic E-state index is -3.70. The van der Waals surface area contributed by atoms with Crippen molar-refractivity contribution in [3.05, 3.63) is 41.3 Å². The second-order valence-electron chi connectivity index (χ2n) is 5.82. The van der Waals surface area contributed by atoms with Crippen molar-refractivity contribution in [1.29, 1.82) is 0 Å². The maximum absolute atomic E-state index is 13.1. The smallest absolute Gasteiger partial charge is 0.240 e. The SMILES string of the molecule is Cc1cc(N(C)C)nc(NCCNS(=O)(=O)c2ccc(F)cc2C)n1. The number of aromatic nitrogens is 2. The molecule has 0 saturated heterocycles. The Balaban J connectivity index is 1.97. The fourth-order valence-corrected chi connectivity index (χ4v) is 3.47. The molecule has 9 heteroatoms. The van der Waals surface area contributed by atoms with E-state index in [0.717, 1.165) is 17.6 Å². The van der Waals surface area contributed by atoms with Gasteiger partial charge in [0.25, 0.3) is 0 Å². The van der Waals surface area contributed by atoms with E-state index in [1.54, 1.807) is 6.92 Å². The number of aryl methyl sites for hydroxylation is 2. The summed E-state index contributed by atoms with van der Waals surface area (Å²) in [7, 11) is 0.0617. The molecule has 25 heavy (non-hydrogen) atoms. The van der Waals surface area contributed by atoms with Gasteiger partial charge in [0.2, 0.25) is 16.0 Å². The molecule has 0 spiro atoms. The number of halogens is 1. The van der Waals surface area contributed by atoms with Crippen LogP contribution in [0, 0.1) is 19.7 Å². The average molecular weight is 367 g/mol. The van der Waals surface area contributed by atoms with Crippen LogP contribution < -0.4 is 14.9 Å². The molecule has 0 aliphatic heterocycles. The molecule has 2 aromatic rings. The number of nitrogens with zero attached hydrogens (tertiary/aromatic N) is 3. The lowest BCUT2D eigenvalue weighted by Gasteiger charge is -2.14. The first kappa shape index (κ1) is 19.1. The summed E-state index contributed by atoms with van der Waals surface area (Å²) in [4.78, 5) is 10.5. The minimum Gasteiger partial charge on any atom is -0.363 e. The molecule has 136 valence electrons. The van der Waals surface area contributed by atoms with Crippen molar-refractivity contribution in [2.24, 2.45) is 0 Å². The van der Waals surface area contributed by atoms with Crippen molar-refractivity contribution in [2.45, 2.75) is 18.7 Å². The fourth-order valence-electron chi connectivity index (χ4n) is 2.21. The molecule has 1 aromatic carbocycles. The zero-order chi connectivity index (χ0) is 18.6. The first-order chi connectivity index (χ1) is 11.7. The number of anilines is 2. The Bertz CT molecular complexity index is 856. The lowest BCUT2D eigenvalue weighted by Crippen LogP contribution is -2.29. The van der Waals surface area contributed by atoms with Crippen molar-refractivity contribution < 1.29 is 12.8 Å². The Labute approximate surface area is 147 Å². The summed E-state index contributed by atoms with van der Waals surface area (Å²) in [6.45, 7) is 3.88. The lowest BCUT2D eigenvalue weighted by molar-refractivity contribution is 0.581. The van der Waals surface area contributed by atoms with Gasteiger partial charge in [-0.2, -0.15) is 4.98 Å². The highest BCUT2D eigenvalue weighted by Gasteiger charge is 2.16. The Morgan fingerprint density at radius 3 is 2.48 bits per heavy atom. The molecule has 2 N–H and O–H groups in total. The predicted octanol–water partition coefficient (Wildman–Crippen LogP) is 1.69. The van der Waals surface area contributed by atoms with E-state index in [0.29, 0.717) is 18.1 Å². The number of nitrogens with one attached hydrogen (secondary N) is 2. The first-order valence-corrected chi connectivity index (χ1v) is 9.20. The van der Waals surface area contributed by atoms with E-state index in [1.807, 2.05) is 32.0 Å². The highest BCUT2D eigenvalue weighted by molar-refractivity contribution is 7.89. The van der Waals surface area contributed by atoms with Crippen LogP contribution in [0.3, 0.4) is 0 Å². The third-order valence-electron chi connectivity index (χ3n) is 3.43. The second kappa shape index (κ2) is 7.75. The van der Waals surface area contributed by atoms with Gasteiger partial charge in [0.1, 0.15) is 11.6 Å². The molecule has 0 radical (unpaired) electrons. The highest BCUT2D eigenvalue weighted by Crippen LogP contribution is 2.16. The summed E-state index contributed by atoms with van der Waals surface area (Å²) < 4.78 is 40.1. The molecule has 1 aromatic heterocycles. The van der Waals surface area contributed by atoms with Gasteiger partial charge in [0.05, 0.1) is 4.90 Å². The topological polar surface area (TPSA) is 87.2 Å². The van der Waals surface area contributed by atoms with Crippen molar-refractivity contribution in [3.8, 4) is 0 Å². The maximum atomic E-state index is 13.1. The number of rotatable bonds is 7. The van der Waals surface area contributed by atoms with E-state index in [9.17, 15) is 12.8 Å². The Kier molecular flexibility index (Phi) is 5.91. The standard InChI is InChI=1S/C16H22FN5O2S/c1-11-9-13(17)5-6-14(11)25(23,24)19-8-7-18-16-20-12(2)10-15(21-16)22(3)4/h5-6,9-10,19H,7-8H2,1-4H3,(H,18,20,21). The van der Waals surface area contributed by atoms with E-state index in [1.165, 1.54) is 12.1 Å². The van der Waals surface area contributed by atoms with Crippen LogP contribution in [0.15, 0.2) is 29.2 Å². The van der Waals surface area contributed by atoms with Crippen LogP contribution in [-0.2, 0) is 10.0 Å². The normalized spacial score (nSPS) is 11.4. The number of hydrogen-bond donors (Lipinski definition) is 2. The van der Waals surface area contributed by atoms with Gasteiger partial charge in [0.15, 0.2) is 0 Å². The largest absolute Gasteiger partial charge is 0.363 e. The van der Waals surface area contributed by atoms with Crippen molar-refractivity contribution in [1.82, 2.24) is 14.7 Å². The molecule has 0 unspecified atom stereocenters. The molecular formula is C16H22FN5O2S. The molecule has 2 rings (SSSR count). The van der Waals surface area contributed by atoms with Crippen LogP contribution in [0.4, 0.5) is 16.2 Å². The Hall–Kier alpha value is -2.26. The molecule has 0 aliphatic rings. The molecule has 0 saturated carbocycles. The van der Waals surface area contributed by atoms with E-state index in [-0.39, 0.29) is 11.4 Å². The molecule has 0 atom stereocenters. The predicted molar refractivity (Wildman–Crippen MR) is 95.9 cm³/mol. The van der Waals surface area contributed by atoms with Gasteiger partial charge in [-0.25, -0.2) is 22.5 Å². The third-order valence-corrected chi connectivity index (χ3v) is 5.05. The van der Waals surface area contributed by atoms with E-state index in [4.69, 9.17) is 0 Å². The monoisotopic (exact) mass is 367 g/mol. The maximum Gasteiger partial charge on any atom is 0.240 e. The van der Waals surface area contributed by atoms with Crippen LogP contribution in [-0.4, -0.2) is 45.6 Å². The molecule has 0 fully saturated rings. The van der Waals surface area contributed by atoms with Gasteiger partial charge >= 0.3 is 0 Å². The molecule has 1 heterocycles. The molecule has 7 nitrogen and oxygen atoms in total. The van der Waals surface area contributed by atoms with Crippen LogP contribution in [0.5, 0.6) is 0 Å². The zero-order valence-electron chi connectivity index (χ0n) is 14.7. The Morgan fingerprint density at radius 1 is 1.12 bits per heavy atom. The van der Waals surface area contributed by atoms with E-state index < -0.39 is 15.8 Å².